The van der Waals surface area contributed by atoms with Crippen LogP contribution in [0, 0.1) is 6.92 Å². The molecule has 5 nitrogen and oxygen atoms in total. The summed E-state index contributed by atoms with van der Waals surface area (Å²) in [7, 11) is -1.75. The highest BCUT2D eigenvalue weighted by Gasteiger charge is 2.36. The van der Waals surface area contributed by atoms with Crippen LogP contribution in [-0.2, 0) is 4.43 Å². The largest absolute Gasteiger partial charge is 0.474 e. The number of hydrogen-bond donors (Lipinski definition) is 1. The van der Waals surface area contributed by atoms with E-state index in [2.05, 4.69) is 39.0 Å². The first kappa shape index (κ1) is 18.5. The minimum atomic E-state index is -1.75. The van der Waals surface area contributed by atoms with Crippen LogP contribution in [-0.4, -0.2) is 31.3 Å². The summed E-state index contributed by atoms with van der Waals surface area (Å²) in [6.45, 7) is 14.1. The van der Waals surface area contributed by atoms with E-state index in [9.17, 15) is 0 Å². The van der Waals surface area contributed by atoms with Crippen molar-refractivity contribution >= 4 is 14.1 Å². The molecule has 0 aliphatic rings. The normalized spacial score (nSPS) is 12.4. The van der Waals surface area contributed by atoms with Gasteiger partial charge in [0.15, 0.2) is 8.32 Å². The van der Waals surface area contributed by atoms with Crippen LogP contribution in [0.15, 0.2) is 30.3 Å². The average Bonchev–Trinajstić information content (AvgIpc) is 2.79. The molecule has 6 heteroatoms. The van der Waals surface area contributed by atoms with Crippen molar-refractivity contribution in [1.82, 2.24) is 9.78 Å². The Kier molecular flexibility index (Phi) is 5.40. The molecule has 0 spiro atoms. The van der Waals surface area contributed by atoms with Crippen molar-refractivity contribution in [3.8, 4) is 11.6 Å². The highest BCUT2D eigenvalue weighted by Crippen LogP contribution is 2.36. The zero-order valence-electron chi connectivity index (χ0n) is 15.6. The highest BCUT2D eigenvalue weighted by molar-refractivity contribution is 6.74. The van der Waals surface area contributed by atoms with Crippen molar-refractivity contribution in [3.05, 3.63) is 35.9 Å². The lowest BCUT2D eigenvalue weighted by atomic mass is 10.2. The van der Waals surface area contributed by atoms with Gasteiger partial charge in [0, 0.05) is 0 Å². The standard InChI is InChI=1S/C18H29N3O2Si/c1-14-16(19)21(15-10-8-7-9-11-15)20-17(14)22-12-13-23-24(5,6)18(2,3)4/h7-11H,12-13,19H2,1-6H3. The quantitative estimate of drug-likeness (QED) is 0.629. The maximum Gasteiger partial charge on any atom is 0.238 e. The van der Waals surface area contributed by atoms with Crippen LogP contribution >= 0.6 is 0 Å². The zero-order valence-corrected chi connectivity index (χ0v) is 16.6. The van der Waals surface area contributed by atoms with E-state index in [-0.39, 0.29) is 5.04 Å². The molecule has 24 heavy (non-hydrogen) atoms. The second-order valence-electron chi connectivity index (χ2n) is 7.52. The summed E-state index contributed by atoms with van der Waals surface area (Å²) in [4.78, 5) is 0. The SMILES string of the molecule is Cc1c(OCCO[Si](C)(C)C(C)(C)C)nn(-c2ccccc2)c1N. The van der Waals surface area contributed by atoms with Crippen molar-refractivity contribution in [1.29, 1.82) is 0 Å². The predicted octanol–water partition coefficient (Wildman–Crippen LogP) is 4.16. The summed E-state index contributed by atoms with van der Waals surface area (Å²) in [5, 5.41) is 4.68. The summed E-state index contributed by atoms with van der Waals surface area (Å²) >= 11 is 0. The van der Waals surface area contributed by atoms with Crippen molar-refractivity contribution < 1.29 is 9.16 Å². The number of nitrogens with zero attached hydrogens (tertiary/aromatic N) is 2. The van der Waals surface area contributed by atoms with E-state index >= 15 is 0 Å². The lowest BCUT2D eigenvalue weighted by Gasteiger charge is -2.36. The molecular weight excluding hydrogens is 318 g/mol. The Labute approximate surface area is 145 Å². The van der Waals surface area contributed by atoms with Crippen LogP contribution < -0.4 is 10.5 Å². The van der Waals surface area contributed by atoms with Crippen LogP contribution in [0.4, 0.5) is 5.82 Å². The lowest BCUT2D eigenvalue weighted by Crippen LogP contribution is -2.41. The van der Waals surface area contributed by atoms with E-state index in [1.807, 2.05) is 37.3 Å². The maximum absolute atomic E-state index is 6.16. The topological polar surface area (TPSA) is 62.3 Å². The number of rotatable bonds is 6. The van der Waals surface area contributed by atoms with E-state index in [0.29, 0.717) is 24.9 Å². The van der Waals surface area contributed by atoms with Gasteiger partial charge in [0.05, 0.1) is 17.9 Å². The fourth-order valence-corrected chi connectivity index (χ4v) is 3.07. The highest BCUT2D eigenvalue weighted by atomic mass is 28.4. The third-order valence-corrected chi connectivity index (χ3v) is 9.25. The fraction of sp³-hybridized carbons (Fsp3) is 0.500. The van der Waals surface area contributed by atoms with Crippen molar-refractivity contribution in [3.63, 3.8) is 0 Å². The number of aromatic nitrogens is 2. The van der Waals surface area contributed by atoms with Crippen LogP contribution in [0.25, 0.3) is 5.69 Å². The van der Waals surface area contributed by atoms with Gasteiger partial charge in [0.1, 0.15) is 12.4 Å². The third kappa shape index (κ3) is 3.99. The Morgan fingerprint density at radius 2 is 1.75 bits per heavy atom. The molecule has 0 radical (unpaired) electrons. The molecule has 0 saturated heterocycles. The number of para-hydroxylation sites is 1. The van der Waals surface area contributed by atoms with Crippen LogP contribution in [0.5, 0.6) is 5.88 Å². The van der Waals surface area contributed by atoms with E-state index in [1.165, 1.54) is 0 Å². The Morgan fingerprint density at radius 1 is 1.12 bits per heavy atom. The Bertz CT molecular complexity index is 676. The minimum Gasteiger partial charge on any atom is -0.474 e. The molecule has 2 N–H and O–H groups in total. The number of benzene rings is 1. The molecule has 2 aromatic rings. The summed E-state index contributed by atoms with van der Waals surface area (Å²) in [6.07, 6.45) is 0. The second-order valence-corrected chi connectivity index (χ2v) is 12.3. The molecule has 1 heterocycles. The molecule has 0 aliphatic heterocycles. The van der Waals surface area contributed by atoms with Crippen molar-refractivity contribution in [2.24, 2.45) is 0 Å². The van der Waals surface area contributed by atoms with Gasteiger partial charge in [0.25, 0.3) is 0 Å². The third-order valence-electron chi connectivity index (χ3n) is 4.72. The molecule has 1 aromatic heterocycles. The summed E-state index contributed by atoms with van der Waals surface area (Å²) in [6, 6.07) is 9.81. The van der Waals surface area contributed by atoms with Gasteiger partial charge in [-0.1, -0.05) is 39.0 Å². The van der Waals surface area contributed by atoms with Crippen LogP contribution in [0.1, 0.15) is 26.3 Å². The van der Waals surface area contributed by atoms with Crippen molar-refractivity contribution in [2.75, 3.05) is 18.9 Å². The van der Waals surface area contributed by atoms with E-state index in [4.69, 9.17) is 14.9 Å². The van der Waals surface area contributed by atoms with Crippen LogP contribution in [0.3, 0.4) is 0 Å². The monoisotopic (exact) mass is 347 g/mol. The molecular formula is C18H29N3O2Si. The van der Waals surface area contributed by atoms with Gasteiger partial charge in [-0.05, 0) is 37.2 Å². The number of anilines is 1. The number of nitrogen functional groups attached to an aromatic ring is 1. The Morgan fingerprint density at radius 3 is 2.33 bits per heavy atom. The Hall–Kier alpha value is -1.79. The van der Waals surface area contributed by atoms with Gasteiger partial charge < -0.3 is 14.9 Å². The molecule has 2 rings (SSSR count). The average molecular weight is 348 g/mol. The fourth-order valence-electron chi connectivity index (χ4n) is 2.04. The Balaban J connectivity index is 2.00. The van der Waals surface area contributed by atoms with Crippen molar-refractivity contribution in [2.45, 2.75) is 45.8 Å². The van der Waals surface area contributed by atoms with E-state index < -0.39 is 8.32 Å². The van der Waals surface area contributed by atoms with Gasteiger partial charge in [0.2, 0.25) is 5.88 Å². The second kappa shape index (κ2) is 6.99. The molecule has 0 aliphatic carbocycles. The predicted molar refractivity (Wildman–Crippen MR) is 101 cm³/mol. The molecule has 1 aromatic carbocycles. The van der Waals surface area contributed by atoms with Gasteiger partial charge in [-0.25, -0.2) is 4.68 Å². The molecule has 0 unspecified atom stereocenters. The molecule has 0 atom stereocenters. The van der Waals surface area contributed by atoms with E-state index in [1.54, 1.807) is 4.68 Å². The minimum absolute atomic E-state index is 0.197. The van der Waals surface area contributed by atoms with Gasteiger partial charge in [-0.2, -0.15) is 0 Å². The van der Waals surface area contributed by atoms with Gasteiger partial charge in [-0.3, -0.25) is 0 Å². The first-order chi connectivity index (χ1) is 11.1. The van der Waals surface area contributed by atoms with E-state index in [0.717, 1.165) is 11.3 Å². The maximum atomic E-state index is 6.16. The number of hydrogen-bond acceptors (Lipinski definition) is 4. The zero-order chi connectivity index (χ0) is 18.0. The molecule has 0 saturated carbocycles. The summed E-state index contributed by atoms with van der Waals surface area (Å²) in [5.74, 6) is 1.16. The molecule has 0 fully saturated rings. The van der Waals surface area contributed by atoms with Gasteiger partial charge in [-0.15, -0.1) is 5.10 Å². The van der Waals surface area contributed by atoms with Gasteiger partial charge >= 0.3 is 0 Å². The summed E-state index contributed by atoms with van der Waals surface area (Å²) in [5.41, 5.74) is 7.94. The van der Waals surface area contributed by atoms with Crippen LogP contribution in [0.2, 0.25) is 18.1 Å². The first-order valence-corrected chi connectivity index (χ1v) is 11.2. The molecule has 0 amide bonds. The number of ether oxygens (including phenoxy) is 1. The summed E-state index contributed by atoms with van der Waals surface area (Å²) < 4.78 is 13.6. The first-order valence-electron chi connectivity index (χ1n) is 8.31. The molecule has 132 valence electrons. The smallest absolute Gasteiger partial charge is 0.238 e. The molecule has 0 bridgehead atoms. The lowest BCUT2D eigenvalue weighted by molar-refractivity contribution is 0.198. The number of nitrogens with two attached hydrogens (primary N) is 1.